The second-order valence-electron chi connectivity index (χ2n) is 4.03. The van der Waals surface area contributed by atoms with Gasteiger partial charge in [-0.1, -0.05) is 0 Å². The molecule has 2 heterocycles. The zero-order valence-corrected chi connectivity index (χ0v) is 11.2. The Labute approximate surface area is 108 Å². The number of hydrogen-bond donors (Lipinski definition) is 1. The maximum absolute atomic E-state index is 11.7. The van der Waals surface area contributed by atoms with E-state index in [1.54, 1.807) is 7.11 Å². The average molecular weight is 303 g/mol. The lowest BCUT2D eigenvalue weighted by molar-refractivity contribution is 0.0833. The molecule has 1 aromatic heterocycles. The summed E-state index contributed by atoms with van der Waals surface area (Å²) in [6.45, 7) is 1.79. The Balaban J connectivity index is 2.30. The van der Waals surface area contributed by atoms with E-state index in [0.717, 1.165) is 31.9 Å². The number of ether oxygens (including phenoxy) is 2. The minimum absolute atomic E-state index is 0.145. The molecule has 0 aliphatic carbocycles. The second-order valence-corrected chi connectivity index (χ2v) is 4.82. The lowest BCUT2D eigenvalue weighted by atomic mass is 9.99. The van der Waals surface area contributed by atoms with Crippen molar-refractivity contribution in [3.05, 3.63) is 26.3 Å². The molecule has 1 aliphatic heterocycles. The number of nitrogens with one attached hydrogen (secondary N) is 1. The first-order valence-electron chi connectivity index (χ1n) is 5.57. The molecule has 1 fully saturated rings. The van der Waals surface area contributed by atoms with E-state index < -0.39 is 0 Å². The minimum Gasteiger partial charge on any atom is -0.381 e. The molecule has 0 bridgehead atoms. The Kier molecular flexibility index (Phi) is 4.31. The highest BCUT2D eigenvalue weighted by molar-refractivity contribution is 9.10. The van der Waals surface area contributed by atoms with Gasteiger partial charge in [-0.3, -0.25) is 4.79 Å². The SMILES string of the molecule is COCc1nc(C2CCOCC2)[nH]c(=O)c1Br. The summed E-state index contributed by atoms with van der Waals surface area (Å²) >= 11 is 3.23. The third-order valence-electron chi connectivity index (χ3n) is 2.84. The number of aromatic amines is 1. The average Bonchev–Trinajstić information content (AvgIpc) is 2.36. The fourth-order valence-electron chi connectivity index (χ4n) is 1.92. The third kappa shape index (κ3) is 2.94. The van der Waals surface area contributed by atoms with E-state index in [4.69, 9.17) is 9.47 Å². The van der Waals surface area contributed by atoms with E-state index >= 15 is 0 Å². The van der Waals surface area contributed by atoms with Gasteiger partial charge in [0.1, 0.15) is 10.3 Å². The number of H-pyrrole nitrogens is 1. The maximum Gasteiger partial charge on any atom is 0.265 e. The molecule has 2 rings (SSSR count). The van der Waals surface area contributed by atoms with Gasteiger partial charge in [0, 0.05) is 26.2 Å². The molecule has 0 amide bonds. The Morgan fingerprint density at radius 1 is 1.53 bits per heavy atom. The fraction of sp³-hybridized carbons (Fsp3) is 0.636. The largest absolute Gasteiger partial charge is 0.381 e. The Morgan fingerprint density at radius 2 is 2.24 bits per heavy atom. The number of rotatable bonds is 3. The van der Waals surface area contributed by atoms with Gasteiger partial charge in [0.05, 0.1) is 12.3 Å². The van der Waals surface area contributed by atoms with Gasteiger partial charge < -0.3 is 14.5 Å². The van der Waals surface area contributed by atoms with Gasteiger partial charge in [0.15, 0.2) is 0 Å². The Morgan fingerprint density at radius 3 is 2.88 bits per heavy atom. The summed E-state index contributed by atoms with van der Waals surface area (Å²) in [7, 11) is 1.59. The van der Waals surface area contributed by atoms with Crippen LogP contribution in [0.15, 0.2) is 9.27 Å². The summed E-state index contributed by atoms with van der Waals surface area (Å²) in [6, 6.07) is 0. The zero-order valence-electron chi connectivity index (χ0n) is 9.66. The van der Waals surface area contributed by atoms with Crippen molar-refractivity contribution in [2.45, 2.75) is 25.4 Å². The van der Waals surface area contributed by atoms with Crippen molar-refractivity contribution >= 4 is 15.9 Å². The lowest BCUT2D eigenvalue weighted by Crippen LogP contribution is -2.22. The number of halogens is 1. The van der Waals surface area contributed by atoms with Crippen LogP contribution < -0.4 is 5.56 Å². The first kappa shape index (κ1) is 12.7. The van der Waals surface area contributed by atoms with E-state index in [1.165, 1.54) is 0 Å². The molecule has 1 aromatic rings. The van der Waals surface area contributed by atoms with Crippen LogP contribution in [0.2, 0.25) is 0 Å². The molecule has 1 aliphatic rings. The van der Waals surface area contributed by atoms with Crippen LogP contribution >= 0.6 is 15.9 Å². The highest BCUT2D eigenvalue weighted by atomic mass is 79.9. The molecule has 1 saturated heterocycles. The highest BCUT2D eigenvalue weighted by Crippen LogP contribution is 2.24. The fourth-order valence-corrected chi connectivity index (χ4v) is 2.22. The molecular formula is C11H15BrN2O3. The summed E-state index contributed by atoms with van der Waals surface area (Å²) in [4.78, 5) is 19.0. The van der Waals surface area contributed by atoms with Crippen molar-refractivity contribution < 1.29 is 9.47 Å². The highest BCUT2D eigenvalue weighted by Gasteiger charge is 2.20. The van der Waals surface area contributed by atoms with Crippen LogP contribution in [0.5, 0.6) is 0 Å². The summed E-state index contributed by atoms with van der Waals surface area (Å²) in [5, 5.41) is 0. The first-order chi connectivity index (χ1) is 8.22. The molecule has 0 saturated carbocycles. The van der Waals surface area contributed by atoms with Gasteiger partial charge in [-0.05, 0) is 28.8 Å². The first-order valence-corrected chi connectivity index (χ1v) is 6.37. The predicted molar refractivity (Wildman–Crippen MR) is 66.1 cm³/mol. The van der Waals surface area contributed by atoms with Crippen molar-refractivity contribution in [2.24, 2.45) is 0 Å². The van der Waals surface area contributed by atoms with Crippen LogP contribution in [0.25, 0.3) is 0 Å². The van der Waals surface area contributed by atoms with E-state index in [0.29, 0.717) is 16.8 Å². The number of hydrogen-bond acceptors (Lipinski definition) is 4. The zero-order chi connectivity index (χ0) is 12.3. The smallest absolute Gasteiger partial charge is 0.265 e. The van der Waals surface area contributed by atoms with E-state index in [2.05, 4.69) is 25.9 Å². The molecule has 0 atom stereocenters. The maximum atomic E-state index is 11.7. The summed E-state index contributed by atoms with van der Waals surface area (Å²) in [5.74, 6) is 1.02. The third-order valence-corrected chi connectivity index (χ3v) is 3.66. The molecule has 1 N–H and O–H groups in total. The summed E-state index contributed by atoms with van der Waals surface area (Å²) < 4.78 is 10.8. The topological polar surface area (TPSA) is 64.2 Å². The molecule has 0 radical (unpaired) electrons. The van der Waals surface area contributed by atoms with Crippen molar-refractivity contribution in [2.75, 3.05) is 20.3 Å². The normalized spacial score (nSPS) is 17.3. The second kappa shape index (κ2) is 5.75. The minimum atomic E-state index is -0.145. The molecule has 94 valence electrons. The Bertz CT molecular complexity index is 441. The molecule has 0 unspecified atom stereocenters. The van der Waals surface area contributed by atoms with E-state index in [1.807, 2.05) is 0 Å². The Hall–Kier alpha value is -0.720. The van der Waals surface area contributed by atoms with Crippen molar-refractivity contribution in [1.82, 2.24) is 9.97 Å². The van der Waals surface area contributed by atoms with Crippen LogP contribution in [0.1, 0.15) is 30.3 Å². The molecule has 0 spiro atoms. The monoisotopic (exact) mass is 302 g/mol. The lowest BCUT2D eigenvalue weighted by Gasteiger charge is -2.21. The number of methoxy groups -OCH3 is 1. The van der Waals surface area contributed by atoms with Crippen LogP contribution in [-0.2, 0) is 16.1 Å². The van der Waals surface area contributed by atoms with Crippen molar-refractivity contribution in [1.29, 1.82) is 0 Å². The molecule has 17 heavy (non-hydrogen) atoms. The van der Waals surface area contributed by atoms with Gasteiger partial charge >= 0.3 is 0 Å². The van der Waals surface area contributed by atoms with Gasteiger partial charge in [-0.15, -0.1) is 0 Å². The molecule has 0 aromatic carbocycles. The number of nitrogens with zero attached hydrogens (tertiary/aromatic N) is 1. The van der Waals surface area contributed by atoms with Crippen LogP contribution in [0, 0.1) is 0 Å². The standard InChI is InChI=1S/C11H15BrN2O3/c1-16-6-8-9(12)11(15)14-10(13-8)7-2-4-17-5-3-7/h7H,2-6H2,1H3,(H,13,14,15). The van der Waals surface area contributed by atoms with Gasteiger partial charge in [0.2, 0.25) is 0 Å². The van der Waals surface area contributed by atoms with Crippen LogP contribution in [-0.4, -0.2) is 30.3 Å². The van der Waals surface area contributed by atoms with Gasteiger partial charge in [-0.25, -0.2) is 4.98 Å². The quantitative estimate of drug-likeness (QED) is 0.920. The van der Waals surface area contributed by atoms with Crippen molar-refractivity contribution in [3.8, 4) is 0 Å². The predicted octanol–water partition coefficient (Wildman–Crippen LogP) is 1.57. The summed E-state index contributed by atoms with van der Waals surface area (Å²) in [5.41, 5.74) is 0.506. The van der Waals surface area contributed by atoms with Crippen molar-refractivity contribution in [3.63, 3.8) is 0 Å². The molecule has 5 nitrogen and oxygen atoms in total. The molecular weight excluding hydrogens is 288 g/mol. The van der Waals surface area contributed by atoms with E-state index in [-0.39, 0.29) is 11.5 Å². The summed E-state index contributed by atoms with van der Waals surface area (Å²) in [6.07, 6.45) is 1.80. The van der Waals surface area contributed by atoms with Crippen LogP contribution in [0.3, 0.4) is 0 Å². The van der Waals surface area contributed by atoms with Gasteiger partial charge in [0.25, 0.3) is 5.56 Å². The van der Waals surface area contributed by atoms with Gasteiger partial charge in [-0.2, -0.15) is 0 Å². The van der Waals surface area contributed by atoms with E-state index in [9.17, 15) is 4.79 Å². The van der Waals surface area contributed by atoms with Crippen LogP contribution in [0.4, 0.5) is 0 Å². The number of aromatic nitrogens is 2. The molecule has 6 heteroatoms.